The monoisotopic (exact) mass is 288 g/mol. The summed E-state index contributed by atoms with van der Waals surface area (Å²) in [4.78, 5) is 9.19. The van der Waals surface area contributed by atoms with Gasteiger partial charge in [-0.05, 0) is 57.1 Å². The molecule has 1 spiro atoms. The quantitative estimate of drug-likeness (QED) is 0.899. The molecule has 0 bridgehead atoms. The van der Waals surface area contributed by atoms with E-state index in [-0.39, 0.29) is 5.54 Å². The van der Waals surface area contributed by atoms with Crippen molar-refractivity contribution in [3.63, 3.8) is 0 Å². The Balaban J connectivity index is 1.90. The minimum atomic E-state index is 0.0451. The SMILES string of the molecule is COc1ccc(N2C(N)=NCC23CCCN(C)CC3)cc1. The molecule has 0 aromatic heterocycles. The molecule has 5 heteroatoms. The number of guanidine groups is 1. The van der Waals surface area contributed by atoms with Gasteiger partial charge in [0.2, 0.25) is 0 Å². The molecular formula is C16H24N4O. The van der Waals surface area contributed by atoms with E-state index in [0.29, 0.717) is 5.96 Å². The van der Waals surface area contributed by atoms with E-state index in [9.17, 15) is 0 Å². The van der Waals surface area contributed by atoms with Crippen molar-refractivity contribution in [2.45, 2.75) is 24.8 Å². The van der Waals surface area contributed by atoms with Crippen molar-refractivity contribution < 1.29 is 4.74 Å². The molecule has 21 heavy (non-hydrogen) atoms. The average Bonchev–Trinajstić information content (AvgIpc) is 2.70. The van der Waals surface area contributed by atoms with E-state index in [0.717, 1.165) is 43.9 Å². The first-order valence-corrected chi connectivity index (χ1v) is 7.57. The number of nitrogens with two attached hydrogens (primary N) is 1. The van der Waals surface area contributed by atoms with Gasteiger partial charge in [-0.2, -0.15) is 0 Å². The Bertz CT molecular complexity index is 528. The molecule has 114 valence electrons. The van der Waals surface area contributed by atoms with Crippen molar-refractivity contribution in [3.8, 4) is 5.75 Å². The summed E-state index contributed by atoms with van der Waals surface area (Å²) in [6.45, 7) is 3.05. The van der Waals surface area contributed by atoms with Crippen molar-refractivity contribution in [3.05, 3.63) is 24.3 Å². The number of methoxy groups -OCH3 is 1. The van der Waals surface area contributed by atoms with Gasteiger partial charge in [0.15, 0.2) is 5.96 Å². The molecule has 2 aliphatic rings. The number of aliphatic imine (C=N–C) groups is 1. The van der Waals surface area contributed by atoms with Crippen LogP contribution in [0.4, 0.5) is 5.69 Å². The predicted octanol–water partition coefficient (Wildman–Crippen LogP) is 1.68. The van der Waals surface area contributed by atoms with Crippen molar-refractivity contribution in [1.82, 2.24) is 4.90 Å². The number of nitrogens with zero attached hydrogens (tertiary/aromatic N) is 3. The molecule has 1 atom stereocenters. The fourth-order valence-electron chi connectivity index (χ4n) is 3.45. The van der Waals surface area contributed by atoms with Crippen LogP contribution < -0.4 is 15.4 Å². The van der Waals surface area contributed by atoms with Gasteiger partial charge in [0.05, 0.1) is 19.2 Å². The number of anilines is 1. The summed E-state index contributed by atoms with van der Waals surface area (Å²) in [6.07, 6.45) is 3.42. The van der Waals surface area contributed by atoms with Crippen LogP contribution in [0.1, 0.15) is 19.3 Å². The van der Waals surface area contributed by atoms with Gasteiger partial charge in [-0.3, -0.25) is 4.99 Å². The molecule has 5 nitrogen and oxygen atoms in total. The lowest BCUT2D eigenvalue weighted by Crippen LogP contribution is -2.52. The van der Waals surface area contributed by atoms with Gasteiger partial charge >= 0.3 is 0 Å². The minimum Gasteiger partial charge on any atom is -0.497 e. The predicted molar refractivity (Wildman–Crippen MR) is 86.0 cm³/mol. The number of benzene rings is 1. The molecule has 2 N–H and O–H groups in total. The molecule has 1 saturated heterocycles. The number of hydrogen-bond acceptors (Lipinski definition) is 5. The van der Waals surface area contributed by atoms with Crippen LogP contribution in [0.2, 0.25) is 0 Å². The van der Waals surface area contributed by atoms with E-state index in [2.05, 4.69) is 34.0 Å². The Morgan fingerprint density at radius 2 is 1.95 bits per heavy atom. The lowest BCUT2D eigenvalue weighted by atomic mass is 9.89. The van der Waals surface area contributed by atoms with Gasteiger partial charge in [-0.25, -0.2) is 0 Å². The topological polar surface area (TPSA) is 54.1 Å². The summed E-state index contributed by atoms with van der Waals surface area (Å²) in [6, 6.07) is 8.11. The highest BCUT2D eigenvalue weighted by Crippen LogP contribution is 2.37. The fraction of sp³-hybridized carbons (Fsp3) is 0.562. The Hall–Kier alpha value is -1.75. The summed E-state index contributed by atoms with van der Waals surface area (Å²) < 4.78 is 5.24. The normalized spacial score (nSPS) is 26.8. The molecule has 0 radical (unpaired) electrons. The lowest BCUT2D eigenvalue weighted by Gasteiger charge is -2.38. The Morgan fingerprint density at radius 1 is 1.19 bits per heavy atom. The van der Waals surface area contributed by atoms with E-state index in [4.69, 9.17) is 10.5 Å². The molecule has 0 saturated carbocycles. The first-order chi connectivity index (χ1) is 10.1. The van der Waals surface area contributed by atoms with Crippen LogP contribution in [-0.4, -0.2) is 50.2 Å². The third-order valence-electron chi connectivity index (χ3n) is 4.71. The summed E-state index contributed by atoms with van der Waals surface area (Å²) >= 11 is 0. The van der Waals surface area contributed by atoms with Crippen molar-refractivity contribution >= 4 is 11.6 Å². The Morgan fingerprint density at radius 3 is 2.67 bits per heavy atom. The van der Waals surface area contributed by atoms with Crippen LogP contribution in [0.3, 0.4) is 0 Å². The highest BCUT2D eigenvalue weighted by molar-refractivity contribution is 5.98. The third kappa shape index (κ3) is 2.58. The van der Waals surface area contributed by atoms with Crippen molar-refractivity contribution in [2.75, 3.05) is 38.7 Å². The molecular weight excluding hydrogens is 264 g/mol. The van der Waals surface area contributed by atoms with E-state index in [1.165, 1.54) is 6.42 Å². The number of ether oxygens (including phenoxy) is 1. The summed E-state index contributed by atoms with van der Waals surface area (Å²) in [5.74, 6) is 1.51. The standard InChI is InChI=1S/C16H24N4O/c1-19-10-3-8-16(9-11-19)12-18-15(17)20(16)13-4-6-14(21-2)7-5-13/h4-7H,3,8-12H2,1-2H3,(H2,17,18). The molecule has 2 heterocycles. The largest absolute Gasteiger partial charge is 0.497 e. The first-order valence-electron chi connectivity index (χ1n) is 7.57. The summed E-state index contributed by atoms with van der Waals surface area (Å²) in [5.41, 5.74) is 7.36. The molecule has 1 unspecified atom stereocenters. The highest BCUT2D eigenvalue weighted by atomic mass is 16.5. The zero-order valence-electron chi connectivity index (χ0n) is 12.9. The maximum atomic E-state index is 6.20. The number of likely N-dealkylation sites (tertiary alicyclic amines) is 1. The zero-order valence-corrected chi connectivity index (χ0v) is 12.9. The van der Waals surface area contributed by atoms with Gasteiger partial charge in [0.25, 0.3) is 0 Å². The van der Waals surface area contributed by atoms with Crippen molar-refractivity contribution in [1.29, 1.82) is 0 Å². The fourth-order valence-corrected chi connectivity index (χ4v) is 3.45. The van der Waals surface area contributed by atoms with E-state index >= 15 is 0 Å². The first kappa shape index (κ1) is 14.2. The van der Waals surface area contributed by atoms with Crippen LogP contribution >= 0.6 is 0 Å². The molecule has 0 amide bonds. The average molecular weight is 288 g/mol. The highest BCUT2D eigenvalue weighted by Gasteiger charge is 2.43. The maximum Gasteiger partial charge on any atom is 0.196 e. The van der Waals surface area contributed by atoms with Gasteiger partial charge in [-0.15, -0.1) is 0 Å². The second-order valence-corrected chi connectivity index (χ2v) is 6.09. The van der Waals surface area contributed by atoms with Gasteiger partial charge in [0, 0.05) is 12.2 Å². The molecule has 2 aliphatic heterocycles. The molecule has 0 aliphatic carbocycles. The van der Waals surface area contributed by atoms with Crippen molar-refractivity contribution in [2.24, 2.45) is 10.7 Å². The maximum absolute atomic E-state index is 6.20. The van der Waals surface area contributed by atoms with Crippen LogP contribution in [-0.2, 0) is 0 Å². The zero-order chi connectivity index (χ0) is 14.9. The molecule has 1 fully saturated rings. The van der Waals surface area contributed by atoms with Gasteiger partial charge in [-0.1, -0.05) is 0 Å². The third-order valence-corrected chi connectivity index (χ3v) is 4.71. The second kappa shape index (κ2) is 5.56. The minimum absolute atomic E-state index is 0.0451. The molecule has 1 aromatic carbocycles. The van der Waals surface area contributed by atoms with E-state index in [1.807, 2.05) is 12.1 Å². The lowest BCUT2D eigenvalue weighted by molar-refractivity contribution is 0.334. The van der Waals surface area contributed by atoms with Crippen LogP contribution in [0.25, 0.3) is 0 Å². The number of hydrogen-bond donors (Lipinski definition) is 1. The summed E-state index contributed by atoms with van der Waals surface area (Å²) in [7, 11) is 3.87. The second-order valence-electron chi connectivity index (χ2n) is 6.09. The number of rotatable bonds is 2. The van der Waals surface area contributed by atoms with Gasteiger partial charge < -0.3 is 20.3 Å². The van der Waals surface area contributed by atoms with Crippen LogP contribution in [0.15, 0.2) is 29.3 Å². The Labute approximate surface area is 126 Å². The molecule has 3 rings (SSSR count). The van der Waals surface area contributed by atoms with E-state index in [1.54, 1.807) is 7.11 Å². The smallest absolute Gasteiger partial charge is 0.196 e. The Kier molecular flexibility index (Phi) is 3.76. The summed E-state index contributed by atoms with van der Waals surface area (Å²) in [5, 5.41) is 0. The van der Waals surface area contributed by atoms with Crippen LogP contribution in [0, 0.1) is 0 Å². The van der Waals surface area contributed by atoms with E-state index < -0.39 is 0 Å². The van der Waals surface area contributed by atoms with Crippen LogP contribution in [0.5, 0.6) is 5.75 Å². The van der Waals surface area contributed by atoms with Gasteiger partial charge in [0.1, 0.15) is 5.75 Å². The molecule has 1 aromatic rings.